The molecule has 74 valence electrons. The van der Waals surface area contributed by atoms with E-state index in [9.17, 15) is 9.59 Å². The van der Waals surface area contributed by atoms with Crippen molar-refractivity contribution < 1.29 is 9.59 Å². The molecule has 3 N–H and O–H groups in total. The molecule has 2 atom stereocenters. The van der Waals surface area contributed by atoms with Crippen molar-refractivity contribution in [2.45, 2.75) is 17.7 Å². The van der Waals surface area contributed by atoms with Crippen molar-refractivity contribution in [3.63, 3.8) is 0 Å². The van der Waals surface area contributed by atoms with Gasteiger partial charge in [0, 0.05) is 5.75 Å². The number of carbonyl (C=O) groups is 2. The van der Waals surface area contributed by atoms with Gasteiger partial charge < -0.3 is 5.73 Å². The molecule has 0 aliphatic carbocycles. The second-order valence-electron chi connectivity index (χ2n) is 2.79. The number of carbonyl (C=O) groups excluding carboxylic acids is 2. The first-order chi connectivity index (χ1) is 6.15. The van der Waals surface area contributed by atoms with Crippen LogP contribution in [0.5, 0.6) is 0 Å². The zero-order chi connectivity index (χ0) is 9.84. The molecule has 13 heavy (non-hydrogen) atoms. The Labute approximate surface area is 86.4 Å². The Bertz CT molecular complexity index is 204. The van der Waals surface area contributed by atoms with Gasteiger partial charge in [0.2, 0.25) is 11.8 Å². The van der Waals surface area contributed by atoms with Crippen molar-refractivity contribution in [1.29, 1.82) is 0 Å². The monoisotopic (exact) mass is 220 g/mol. The van der Waals surface area contributed by atoms with Crippen LogP contribution in [0.4, 0.5) is 0 Å². The third kappa shape index (κ3) is 2.89. The summed E-state index contributed by atoms with van der Waals surface area (Å²) in [6.45, 7) is 0. The van der Waals surface area contributed by atoms with Gasteiger partial charge in [-0.3, -0.25) is 14.9 Å². The Morgan fingerprint density at radius 3 is 2.69 bits per heavy atom. The molecule has 0 aromatic heterocycles. The van der Waals surface area contributed by atoms with Gasteiger partial charge in [-0.2, -0.15) is 12.6 Å². The summed E-state index contributed by atoms with van der Waals surface area (Å²) >= 11 is 5.41. The highest BCUT2D eigenvalue weighted by Gasteiger charge is 2.28. The number of hydrogen-bond donors (Lipinski definition) is 3. The van der Waals surface area contributed by atoms with E-state index in [0.717, 1.165) is 12.2 Å². The molecule has 0 spiro atoms. The van der Waals surface area contributed by atoms with Gasteiger partial charge in [-0.15, -0.1) is 11.8 Å². The van der Waals surface area contributed by atoms with Crippen molar-refractivity contribution in [2.75, 3.05) is 11.5 Å². The summed E-state index contributed by atoms with van der Waals surface area (Å²) in [7, 11) is 0. The summed E-state index contributed by atoms with van der Waals surface area (Å²) < 4.78 is 0. The molecule has 0 aromatic carbocycles. The first-order valence-electron chi connectivity index (χ1n) is 3.98. The summed E-state index contributed by atoms with van der Waals surface area (Å²) in [4.78, 5) is 22.3. The van der Waals surface area contributed by atoms with E-state index < -0.39 is 11.9 Å². The number of nitrogens with two attached hydrogens (primary N) is 1. The molecule has 1 unspecified atom stereocenters. The van der Waals surface area contributed by atoms with Crippen molar-refractivity contribution >= 4 is 36.2 Å². The van der Waals surface area contributed by atoms with Crippen LogP contribution >= 0.6 is 24.4 Å². The first kappa shape index (κ1) is 10.9. The van der Waals surface area contributed by atoms with Gasteiger partial charge in [0.25, 0.3) is 0 Å². The summed E-state index contributed by atoms with van der Waals surface area (Å²) in [6.07, 6.45) is 0.847. The van der Waals surface area contributed by atoms with E-state index in [-0.39, 0.29) is 16.9 Å². The van der Waals surface area contributed by atoms with Crippen molar-refractivity contribution in [1.82, 2.24) is 5.32 Å². The van der Waals surface area contributed by atoms with Crippen LogP contribution in [0, 0.1) is 0 Å². The van der Waals surface area contributed by atoms with Gasteiger partial charge in [0.05, 0.1) is 11.3 Å². The van der Waals surface area contributed by atoms with Crippen LogP contribution in [-0.4, -0.2) is 34.6 Å². The third-order valence-electron chi connectivity index (χ3n) is 1.77. The zero-order valence-corrected chi connectivity index (χ0v) is 8.74. The first-order valence-corrected chi connectivity index (χ1v) is 5.66. The largest absolute Gasteiger partial charge is 0.319 e. The molecule has 1 rings (SSSR count). The number of imide groups is 1. The molecule has 4 nitrogen and oxygen atoms in total. The molecule has 6 heteroatoms. The number of thiol groups is 1. The number of thioether (sulfide) groups is 1. The average molecular weight is 220 g/mol. The maximum Gasteiger partial charge on any atom is 0.244 e. The number of nitrogens with one attached hydrogen (secondary N) is 1. The minimum Gasteiger partial charge on any atom is -0.319 e. The number of hydrogen-bond acceptors (Lipinski definition) is 5. The highest BCUT2D eigenvalue weighted by Crippen LogP contribution is 2.27. The van der Waals surface area contributed by atoms with Crippen molar-refractivity contribution in [2.24, 2.45) is 5.73 Å². The van der Waals surface area contributed by atoms with Gasteiger partial charge in [-0.05, 0) is 12.2 Å². The van der Waals surface area contributed by atoms with Gasteiger partial charge in [-0.25, -0.2) is 0 Å². The number of rotatable bonds is 3. The Morgan fingerprint density at radius 1 is 1.69 bits per heavy atom. The summed E-state index contributed by atoms with van der Waals surface area (Å²) in [5, 5.41) is 2.20. The smallest absolute Gasteiger partial charge is 0.244 e. The van der Waals surface area contributed by atoms with Gasteiger partial charge >= 0.3 is 0 Å². The fourth-order valence-electron chi connectivity index (χ4n) is 0.820. The molecule has 2 amide bonds. The quantitative estimate of drug-likeness (QED) is 0.555. The minimum absolute atomic E-state index is 0.0592. The molecule has 1 fully saturated rings. The van der Waals surface area contributed by atoms with Crippen LogP contribution in [0.2, 0.25) is 0 Å². The highest BCUT2D eigenvalue weighted by atomic mass is 32.2. The molecule has 0 bridgehead atoms. The molecule has 1 heterocycles. The summed E-state index contributed by atoms with van der Waals surface area (Å²) in [5.74, 6) is 0.577. The normalized spacial score (nSPS) is 23.1. The fourth-order valence-corrected chi connectivity index (χ4v) is 1.67. The maximum atomic E-state index is 11.2. The topological polar surface area (TPSA) is 72.2 Å². The Morgan fingerprint density at radius 2 is 2.31 bits per heavy atom. The third-order valence-corrected chi connectivity index (χ3v) is 3.49. The molecule has 1 saturated heterocycles. The molecule has 1 aliphatic rings. The van der Waals surface area contributed by atoms with Gasteiger partial charge in [0.15, 0.2) is 0 Å². The lowest BCUT2D eigenvalue weighted by atomic mass is 10.2. The van der Waals surface area contributed by atoms with E-state index in [0.29, 0.717) is 0 Å². The Kier molecular flexibility index (Phi) is 4.08. The van der Waals surface area contributed by atoms with Crippen molar-refractivity contribution in [3.8, 4) is 0 Å². The predicted molar refractivity (Wildman–Crippen MR) is 55.8 cm³/mol. The summed E-state index contributed by atoms with van der Waals surface area (Å²) in [5.41, 5.74) is 5.38. The van der Waals surface area contributed by atoms with Crippen LogP contribution < -0.4 is 11.1 Å². The van der Waals surface area contributed by atoms with Crippen LogP contribution in [0.15, 0.2) is 0 Å². The fraction of sp³-hybridized carbons (Fsp3) is 0.714. The van der Waals surface area contributed by atoms with Crippen LogP contribution in [0.25, 0.3) is 0 Å². The van der Waals surface area contributed by atoms with E-state index >= 15 is 0 Å². The SMILES string of the molecule is N[C@@H](CS)C(=O)NC(=O)C1CCS1. The van der Waals surface area contributed by atoms with E-state index in [1.165, 1.54) is 0 Å². The lowest BCUT2D eigenvalue weighted by Crippen LogP contribution is -2.48. The lowest BCUT2D eigenvalue weighted by molar-refractivity contribution is -0.130. The second-order valence-corrected chi connectivity index (χ2v) is 4.47. The average Bonchev–Trinajstić information content (AvgIpc) is 1.99. The molecule has 0 saturated carbocycles. The lowest BCUT2D eigenvalue weighted by Gasteiger charge is -2.23. The zero-order valence-electron chi connectivity index (χ0n) is 7.03. The standard InChI is InChI=1S/C7H12N2O2S2/c8-4(3-12)6(10)9-7(11)5-1-2-13-5/h4-5,12H,1-3,8H2,(H,9,10,11)/t4-,5?/m0/s1. The van der Waals surface area contributed by atoms with Crippen LogP contribution in [0.1, 0.15) is 6.42 Å². The van der Waals surface area contributed by atoms with Crippen molar-refractivity contribution in [3.05, 3.63) is 0 Å². The molecule has 0 aromatic rings. The van der Waals surface area contributed by atoms with E-state index in [2.05, 4.69) is 17.9 Å². The molecule has 1 aliphatic heterocycles. The Hall–Kier alpha value is -0.200. The minimum atomic E-state index is -0.697. The van der Waals surface area contributed by atoms with Gasteiger partial charge in [0.1, 0.15) is 0 Å². The molecular weight excluding hydrogens is 208 g/mol. The summed E-state index contributed by atoms with van der Waals surface area (Å²) in [6, 6.07) is -0.697. The second kappa shape index (κ2) is 4.88. The number of amides is 2. The van der Waals surface area contributed by atoms with Crippen LogP contribution in [-0.2, 0) is 9.59 Å². The molecular formula is C7H12N2O2S2. The van der Waals surface area contributed by atoms with Gasteiger partial charge in [-0.1, -0.05) is 0 Å². The van der Waals surface area contributed by atoms with E-state index in [1.807, 2.05) is 0 Å². The predicted octanol–water partition coefficient (Wildman–Crippen LogP) is -0.608. The van der Waals surface area contributed by atoms with E-state index in [1.54, 1.807) is 11.8 Å². The van der Waals surface area contributed by atoms with E-state index in [4.69, 9.17) is 5.73 Å². The maximum absolute atomic E-state index is 11.2. The van der Waals surface area contributed by atoms with Crippen LogP contribution in [0.3, 0.4) is 0 Å². The highest BCUT2D eigenvalue weighted by molar-refractivity contribution is 8.01. The molecule has 0 radical (unpaired) electrons. The Balaban J connectivity index is 2.30.